The van der Waals surface area contributed by atoms with Crippen molar-refractivity contribution in [3.05, 3.63) is 24.1 Å². The third kappa shape index (κ3) is 1.95. The monoisotopic (exact) mass is 214 g/mol. The molecule has 0 aliphatic carbocycles. The van der Waals surface area contributed by atoms with Gasteiger partial charge >= 0.3 is 0 Å². The number of nitrogens with zero attached hydrogens (tertiary/aromatic N) is 2. The minimum absolute atomic E-state index is 0.297. The molecule has 1 saturated heterocycles. The molecule has 0 spiro atoms. The number of hydrogen-bond donors (Lipinski definition) is 0. The average Bonchev–Trinajstić information content (AvgIpc) is 2.20. The van der Waals surface area contributed by atoms with E-state index in [4.69, 9.17) is 0 Å². The van der Waals surface area contributed by atoms with Gasteiger partial charge in [0.25, 0.3) is 0 Å². The average molecular weight is 214 g/mol. The molecule has 1 aromatic rings. The minimum atomic E-state index is -1.39. The van der Waals surface area contributed by atoms with Gasteiger partial charge in [-0.1, -0.05) is 0 Å². The highest BCUT2D eigenvalue weighted by Gasteiger charge is 2.18. The molecule has 0 atom stereocenters. The number of halogens is 1. The number of hydrogen-bond acceptors (Lipinski definition) is 3. The molecule has 0 saturated carbocycles. The summed E-state index contributed by atoms with van der Waals surface area (Å²) in [4.78, 5) is 5.85. The molecule has 1 aliphatic heterocycles. The van der Waals surface area contributed by atoms with E-state index in [-0.39, 0.29) is 5.82 Å². The molecule has 0 unspecified atom stereocenters. The van der Waals surface area contributed by atoms with Crippen LogP contribution >= 0.6 is 7.80 Å². The first kappa shape index (κ1) is 9.66. The summed E-state index contributed by atoms with van der Waals surface area (Å²) in [6, 6.07) is 2.98. The molecule has 3 nitrogen and oxygen atoms in total. The van der Waals surface area contributed by atoms with Gasteiger partial charge in [0.15, 0.2) is 11.6 Å². The second-order valence-corrected chi connectivity index (χ2v) is 5.41. The molecule has 76 valence electrons. The Hall–Kier alpha value is -0.890. The molecule has 2 rings (SSSR count). The van der Waals surface area contributed by atoms with Crippen molar-refractivity contribution in [1.29, 1.82) is 0 Å². The van der Waals surface area contributed by atoms with Crippen LogP contribution in [0.1, 0.15) is 0 Å². The summed E-state index contributed by atoms with van der Waals surface area (Å²) < 4.78 is 24.5. The van der Waals surface area contributed by atoms with E-state index in [1.807, 2.05) is 4.90 Å². The molecule has 2 heterocycles. The largest absolute Gasteiger partial charge is 0.353 e. The third-order valence-electron chi connectivity index (χ3n) is 2.36. The van der Waals surface area contributed by atoms with E-state index in [9.17, 15) is 8.96 Å². The molecule has 0 aromatic carbocycles. The van der Waals surface area contributed by atoms with E-state index in [1.54, 1.807) is 12.3 Å². The SMILES string of the molecule is O=[PH]1CCN(c2ncccc2F)CC1. The van der Waals surface area contributed by atoms with Gasteiger partial charge < -0.3 is 9.46 Å². The number of anilines is 1. The Morgan fingerprint density at radius 3 is 2.79 bits per heavy atom. The quantitative estimate of drug-likeness (QED) is 0.666. The molecular formula is C9H12FN2OP. The molecule has 0 radical (unpaired) electrons. The van der Waals surface area contributed by atoms with Crippen molar-refractivity contribution in [3.63, 3.8) is 0 Å². The predicted molar refractivity (Wildman–Crippen MR) is 55.1 cm³/mol. The number of aromatic nitrogens is 1. The maximum absolute atomic E-state index is 13.3. The van der Waals surface area contributed by atoms with Crippen LogP contribution < -0.4 is 4.90 Å². The summed E-state index contributed by atoms with van der Waals surface area (Å²) in [5.74, 6) is 0.0936. The Bertz CT molecular complexity index is 348. The van der Waals surface area contributed by atoms with E-state index in [1.165, 1.54) is 6.07 Å². The van der Waals surface area contributed by atoms with E-state index < -0.39 is 7.80 Å². The van der Waals surface area contributed by atoms with Gasteiger partial charge in [0.2, 0.25) is 0 Å². The molecule has 1 aromatic heterocycles. The van der Waals surface area contributed by atoms with Gasteiger partial charge in [0, 0.05) is 31.6 Å². The Kier molecular flexibility index (Phi) is 2.82. The molecule has 0 amide bonds. The lowest BCUT2D eigenvalue weighted by Gasteiger charge is -2.27. The zero-order chi connectivity index (χ0) is 9.97. The van der Waals surface area contributed by atoms with Crippen LogP contribution in [0.25, 0.3) is 0 Å². The van der Waals surface area contributed by atoms with E-state index in [0.717, 1.165) is 0 Å². The van der Waals surface area contributed by atoms with Gasteiger partial charge in [-0.2, -0.15) is 0 Å². The van der Waals surface area contributed by atoms with Gasteiger partial charge in [-0.25, -0.2) is 9.37 Å². The molecule has 0 N–H and O–H groups in total. The van der Waals surface area contributed by atoms with Crippen LogP contribution in [0.4, 0.5) is 10.2 Å². The highest BCUT2D eigenvalue weighted by Crippen LogP contribution is 2.27. The van der Waals surface area contributed by atoms with Gasteiger partial charge in [0.1, 0.15) is 0 Å². The highest BCUT2D eigenvalue weighted by atomic mass is 31.1. The van der Waals surface area contributed by atoms with Crippen LogP contribution in [0.2, 0.25) is 0 Å². The molecular weight excluding hydrogens is 202 g/mol. The first-order valence-corrected chi connectivity index (χ1v) is 6.47. The van der Waals surface area contributed by atoms with Crippen molar-refractivity contribution >= 4 is 13.6 Å². The second kappa shape index (κ2) is 4.09. The standard InChI is InChI=1S/C9H12FN2OP/c10-8-2-1-3-11-9(8)12-4-6-14(13)7-5-12/h1-3,14H,4-7H2. The van der Waals surface area contributed by atoms with Crippen LogP contribution in [0.15, 0.2) is 18.3 Å². The lowest BCUT2D eigenvalue weighted by Crippen LogP contribution is -2.33. The van der Waals surface area contributed by atoms with Gasteiger partial charge in [-0.05, 0) is 12.1 Å². The van der Waals surface area contributed by atoms with Crippen LogP contribution in [-0.2, 0) is 4.57 Å². The van der Waals surface area contributed by atoms with E-state index >= 15 is 0 Å². The molecule has 14 heavy (non-hydrogen) atoms. The van der Waals surface area contributed by atoms with E-state index in [2.05, 4.69) is 4.98 Å². The summed E-state index contributed by atoms with van der Waals surface area (Å²) in [5, 5.41) is 0. The van der Waals surface area contributed by atoms with Crippen molar-refractivity contribution in [2.24, 2.45) is 0 Å². The van der Waals surface area contributed by atoms with Crippen LogP contribution in [0.3, 0.4) is 0 Å². The van der Waals surface area contributed by atoms with Crippen molar-refractivity contribution in [2.75, 3.05) is 30.3 Å². The maximum Gasteiger partial charge on any atom is 0.165 e. The second-order valence-electron chi connectivity index (χ2n) is 3.33. The van der Waals surface area contributed by atoms with Gasteiger partial charge in [0.05, 0.1) is 7.80 Å². The number of pyridine rings is 1. The highest BCUT2D eigenvalue weighted by molar-refractivity contribution is 7.44. The van der Waals surface area contributed by atoms with Crippen LogP contribution in [0.5, 0.6) is 0 Å². The van der Waals surface area contributed by atoms with Gasteiger partial charge in [-0.15, -0.1) is 0 Å². The normalized spacial score (nSPS) is 18.5. The third-order valence-corrected chi connectivity index (χ3v) is 3.92. The zero-order valence-electron chi connectivity index (χ0n) is 7.74. The van der Waals surface area contributed by atoms with Crippen LogP contribution in [-0.4, -0.2) is 30.4 Å². The van der Waals surface area contributed by atoms with Crippen molar-refractivity contribution in [3.8, 4) is 0 Å². The Labute approximate surface area is 82.7 Å². The van der Waals surface area contributed by atoms with Crippen molar-refractivity contribution in [2.45, 2.75) is 0 Å². The molecule has 0 bridgehead atoms. The summed E-state index contributed by atoms with van der Waals surface area (Å²) in [6.07, 6.45) is 2.94. The Balaban J connectivity index is 2.16. The summed E-state index contributed by atoms with van der Waals surface area (Å²) in [6.45, 7) is 1.32. The first-order chi connectivity index (χ1) is 6.77. The fourth-order valence-electron chi connectivity index (χ4n) is 1.58. The zero-order valence-corrected chi connectivity index (χ0v) is 8.74. The lowest BCUT2D eigenvalue weighted by molar-refractivity contribution is 0.578. The lowest BCUT2D eigenvalue weighted by atomic mass is 10.4. The first-order valence-electron chi connectivity index (χ1n) is 4.64. The maximum atomic E-state index is 13.3. The van der Waals surface area contributed by atoms with Crippen LogP contribution in [0, 0.1) is 5.82 Å². The summed E-state index contributed by atoms with van der Waals surface area (Å²) in [7, 11) is -1.39. The molecule has 1 aliphatic rings. The Morgan fingerprint density at radius 2 is 2.14 bits per heavy atom. The smallest absolute Gasteiger partial charge is 0.165 e. The predicted octanol–water partition coefficient (Wildman–Crippen LogP) is 1.60. The summed E-state index contributed by atoms with van der Waals surface area (Å²) in [5.41, 5.74) is 0. The fraction of sp³-hybridized carbons (Fsp3) is 0.444. The summed E-state index contributed by atoms with van der Waals surface area (Å²) >= 11 is 0. The fourth-order valence-corrected chi connectivity index (χ4v) is 2.87. The topological polar surface area (TPSA) is 33.2 Å². The molecule has 1 fully saturated rings. The Morgan fingerprint density at radius 1 is 1.43 bits per heavy atom. The minimum Gasteiger partial charge on any atom is -0.353 e. The van der Waals surface area contributed by atoms with Gasteiger partial charge in [-0.3, -0.25) is 0 Å². The van der Waals surface area contributed by atoms with Crippen molar-refractivity contribution in [1.82, 2.24) is 4.98 Å². The number of rotatable bonds is 1. The van der Waals surface area contributed by atoms with E-state index in [0.29, 0.717) is 31.2 Å². The molecule has 5 heteroatoms. The van der Waals surface area contributed by atoms with Crippen molar-refractivity contribution < 1.29 is 8.96 Å².